The van der Waals surface area contributed by atoms with Gasteiger partial charge in [0, 0.05) is 16.3 Å². The molecule has 0 spiro atoms. The van der Waals surface area contributed by atoms with Crippen molar-refractivity contribution in [3.63, 3.8) is 0 Å². The van der Waals surface area contributed by atoms with Crippen LogP contribution in [0.3, 0.4) is 0 Å². The SMILES string of the molecule is O=c1oc2nc(-c3ccccc3)c3ccccc3c2cc1-c1ccccc1. The Hall–Kier alpha value is -3.72. The Morgan fingerprint density at radius 2 is 1.22 bits per heavy atom. The Kier molecular flexibility index (Phi) is 3.58. The number of rotatable bonds is 2. The molecule has 0 atom stereocenters. The summed E-state index contributed by atoms with van der Waals surface area (Å²) >= 11 is 0. The molecular weight excluding hydrogens is 334 g/mol. The Balaban J connectivity index is 1.88. The molecule has 5 rings (SSSR count). The smallest absolute Gasteiger partial charge is 0.345 e. The molecule has 0 aliphatic heterocycles. The molecule has 0 saturated heterocycles. The monoisotopic (exact) mass is 349 g/mol. The normalized spacial score (nSPS) is 11.1. The second-order valence-electron chi connectivity index (χ2n) is 6.40. The van der Waals surface area contributed by atoms with E-state index in [0.717, 1.165) is 33.0 Å². The van der Waals surface area contributed by atoms with Gasteiger partial charge in [-0.05, 0) is 17.0 Å². The second kappa shape index (κ2) is 6.22. The number of benzene rings is 3. The summed E-state index contributed by atoms with van der Waals surface area (Å²) in [6.45, 7) is 0. The van der Waals surface area contributed by atoms with Gasteiger partial charge in [0.25, 0.3) is 0 Å². The third-order valence-electron chi connectivity index (χ3n) is 4.75. The molecule has 0 bridgehead atoms. The number of hydrogen-bond acceptors (Lipinski definition) is 3. The molecule has 0 amide bonds. The van der Waals surface area contributed by atoms with Crippen LogP contribution in [-0.2, 0) is 0 Å². The second-order valence-corrected chi connectivity index (χ2v) is 6.40. The number of pyridine rings is 1. The molecule has 0 aliphatic rings. The first-order valence-corrected chi connectivity index (χ1v) is 8.79. The fourth-order valence-electron chi connectivity index (χ4n) is 3.46. The highest BCUT2D eigenvalue weighted by atomic mass is 16.4. The highest BCUT2D eigenvalue weighted by Crippen LogP contribution is 2.33. The summed E-state index contributed by atoms with van der Waals surface area (Å²) in [5, 5.41) is 2.88. The third-order valence-corrected chi connectivity index (χ3v) is 4.75. The maximum atomic E-state index is 12.6. The molecule has 0 unspecified atom stereocenters. The molecule has 0 radical (unpaired) electrons. The van der Waals surface area contributed by atoms with E-state index in [4.69, 9.17) is 9.40 Å². The van der Waals surface area contributed by atoms with Gasteiger partial charge in [-0.25, -0.2) is 9.78 Å². The van der Waals surface area contributed by atoms with Gasteiger partial charge in [0.15, 0.2) is 0 Å². The Morgan fingerprint density at radius 1 is 0.630 bits per heavy atom. The van der Waals surface area contributed by atoms with Crippen molar-refractivity contribution in [1.29, 1.82) is 0 Å². The number of nitrogens with zero attached hydrogens (tertiary/aromatic N) is 1. The summed E-state index contributed by atoms with van der Waals surface area (Å²) in [6, 6.07) is 29.5. The zero-order chi connectivity index (χ0) is 18.2. The van der Waals surface area contributed by atoms with Gasteiger partial charge in [0.2, 0.25) is 5.71 Å². The molecule has 128 valence electrons. The van der Waals surface area contributed by atoms with E-state index in [1.165, 1.54) is 0 Å². The number of fused-ring (bicyclic) bond motifs is 3. The van der Waals surface area contributed by atoms with Crippen LogP contribution in [0, 0.1) is 0 Å². The molecule has 0 N–H and O–H groups in total. The topological polar surface area (TPSA) is 43.1 Å². The molecule has 0 aliphatic carbocycles. The van der Waals surface area contributed by atoms with E-state index in [0.29, 0.717) is 11.3 Å². The van der Waals surface area contributed by atoms with E-state index in [1.807, 2.05) is 84.9 Å². The van der Waals surface area contributed by atoms with Gasteiger partial charge in [-0.3, -0.25) is 0 Å². The Morgan fingerprint density at radius 3 is 1.93 bits per heavy atom. The highest BCUT2D eigenvalue weighted by Gasteiger charge is 2.14. The summed E-state index contributed by atoms with van der Waals surface area (Å²) in [7, 11) is 0. The summed E-state index contributed by atoms with van der Waals surface area (Å²) in [4.78, 5) is 17.3. The first-order valence-electron chi connectivity index (χ1n) is 8.79. The van der Waals surface area contributed by atoms with Crippen molar-refractivity contribution in [2.24, 2.45) is 0 Å². The van der Waals surface area contributed by atoms with E-state index in [1.54, 1.807) is 0 Å². The largest absolute Gasteiger partial charge is 0.403 e. The summed E-state index contributed by atoms with van der Waals surface area (Å²) < 4.78 is 5.65. The van der Waals surface area contributed by atoms with Crippen LogP contribution in [0.15, 0.2) is 100 Å². The van der Waals surface area contributed by atoms with Crippen LogP contribution in [0.4, 0.5) is 0 Å². The fourth-order valence-corrected chi connectivity index (χ4v) is 3.46. The van der Waals surface area contributed by atoms with E-state index in [9.17, 15) is 4.79 Å². The predicted octanol–water partition coefficient (Wildman–Crippen LogP) is 5.68. The van der Waals surface area contributed by atoms with Crippen molar-refractivity contribution in [1.82, 2.24) is 4.98 Å². The van der Waals surface area contributed by atoms with Crippen molar-refractivity contribution in [3.8, 4) is 22.4 Å². The number of hydrogen-bond donors (Lipinski definition) is 0. The lowest BCUT2D eigenvalue weighted by molar-refractivity contribution is 0.553. The lowest BCUT2D eigenvalue weighted by Crippen LogP contribution is -2.04. The zero-order valence-corrected chi connectivity index (χ0v) is 14.4. The van der Waals surface area contributed by atoms with Gasteiger partial charge >= 0.3 is 5.63 Å². The van der Waals surface area contributed by atoms with Crippen LogP contribution in [0.2, 0.25) is 0 Å². The highest BCUT2D eigenvalue weighted by molar-refractivity contribution is 6.10. The van der Waals surface area contributed by atoms with E-state index in [2.05, 4.69) is 6.07 Å². The fraction of sp³-hybridized carbons (Fsp3) is 0. The summed E-state index contributed by atoms with van der Waals surface area (Å²) in [5.74, 6) is 0. The van der Waals surface area contributed by atoms with Crippen molar-refractivity contribution in [2.75, 3.05) is 0 Å². The van der Waals surface area contributed by atoms with E-state index < -0.39 is 0 Å². The molecule has 2 heterocycles. The Bertz CT molecular complexity index is 1320. The lowest BCUT2D eigenvalue weighted by atomic mass is 10.00. The number of aromatic nitrogens is 1. The quantitative estimate of drug-likeness (QED) is 0.385. The molecule has 3 nitrogen and oxygen atoms in total. The molecule has 0 fully saturated rings. The lowest BCUT2D eigenvalue weighted by Gasteiger charge is -2.10. The van der Waals surface area contributed by atoms with Gasteiger partial charge in [-0.2, -0.15) is 0 Å². The van der Waals surface area contributed by atoms with Gasteiger partial charge in [-0.1, -0.05) is 84.9 Å². The van der Waals surface area contributed by atoms with Crippen LogP contribution in [0.1, 0.15) is 0 Å². The van der Waals surface area contributed by atoms with Gasteiger partial charge < -0.3 is 4.42 Å². The average Bonchev–Trinajstić information content (AvgIpc) is 2.74. The molecule has 3 aromatic carbocycles. The molecule has 5 aromatic rings. The van der Waals surface area contributed by atoms with Crippen molar-refractivity contribution >= 4 is 21.9 Å². The van der Waals surface area contributed by atoms with Crippen LogP contribution in [0.25, 0.3) is 44.3 Å². The first-order chi connectivity index (χ1) is 13.3. The van der Waals surface area contributed by atoms with Gasteiger partial charge in [0.05, 0.1) is 11.3 Å². The van der Waals surface area contributed by atoms with Gasteiger partial charge in [0.1, 0.15) is 0 Å². The van der Waals surface area contributed by atoms with E-state index in [-0.39, 0.29) is 5.63 Å². The van der Waals surface area contributed by atoms with Gasteiger partial charge in [-0.15, -0.1) is 0 Å². The summed E-state index contributed by atoms with van der Waals surface area (Å²) in [6.07, 6.45) is 0. The third kappa shape index (κ3) is 2.61. The molecule has 2 aromatic heterocycles. The van der Waals surface area contributed by atoms with Crippen molar-refractivity contribution < 1.29 is 4.42 Å². The van der Waals surface area contributed by atoms with E-state index >= 15 is 0 Å². The first kappa shape index (κ1) is 15.5. The molecule has 27 heavy (non-hydrogen) atoms. The average molecular weight is 349 g/mol. The predicted molar refractivity (Wildman–Crippen MR) is 109 cm³/mol. The van der Waals surface area contributed by atoms with Crippen molar-refractivity contribution in [3.05, 3.63) is 101 Å². The van der Waals surface area contributed by atoms with Crippen LogP contribution in [0.5, 0.6) is 0 Å². The van der Waals surface area contributed by atoms with Crippen LogP contribution in [-0.4, -0.2) is 4.98 Å². The molecule has 0 saturated carbocycles. The van der Waals surface area contributed by atoms with Crippen LogP contribution < -0.4 is 5.63 Å². The maximum Gasteiger partial charge on any atom is 0.345 e. The van der Waals surface area contributed by atoms with Crippen LogP contribution >= 0.6 is 0 Å². The minimum atomic E-state index is -0.379. The Labute approximate surface area is 155 Å². The molecule has 3 heteroatoms. The standard InChI is InChI=1S/C24H15NO2/c26-24-20(16-9-3-1-4-10-16)15-21-18-13-7-8-14-19(18)22(25-23(21)27-24)17-11-5-2-6-12-17/h1-15H. The van der Waals surface area contributed by atoms with Crippen molar-refractivity contribution in [2.45, 2.75) is 0 Å². The minimum Gasteiger partial charge on any atom is -0.403 e. The maximum absolute atomic E-state index is 12.6. The summed E-state index contributed by atoms with van der Waals surface area (Å²) in [5.41, 5.74) is 3.17. The molecular formula is C24H15NO2. The zero-order valence-electron chi connectivity index (χ0n) is 14.4. The minimum absolute atomic E-state index is 0.359.